The van der Waals surface area contributed by atoms with Gasteiger partial charge in [0.15, 0.2) is 6.61 Å². The summed E-state index contributed by atoms with van der Waals surface area (Å²) in [5.41, 5.74) is 3.46. The molecule has 0 saturated carbocycles. The summed E-state index contributed by atoms with van der Waals surface area (Å²) in [6.07, 6.45) is 3.94. The minimum Gasteiger partial charge on any atom is -0.454 e. The molecule has 0 atom stereocenters. The second kappa shape index (κ2) is 9.33. The Morgan fingerprint density at radius 2 is 1.89 bits per heavy atom. The number of nitrogens with zero attached hydrogens (tertiary/aromatic N) is 1. The van der Waals surface area contributed by atoms with Crippen LogP contribution in [-0.4, -0.2) is 22.9 Å². The van der Waals surface area contributed by atoms with Crippen LogP contribution in [0.25, 0.3) is 6.08 Å². The zero-order valence-electron chi connectivity index (χ0n) is 16.1. The van der Waals surface area contributed by atoms with Gasteiger partial charge in [0.1, 0.15) is 0 Å². The van der Waals surface area contributed by atoms with Crippen LogP contribution >= 0.6 is 11.3 Å². The molecule has 0 aliphatic carbocycles. The van der Waals surface area contributed by atoms with Crippen LogP contribution in [0.4, 0.5) is 0 Å². The van der Waals surface area contributed by atoms with E-state index in [4.69, 9.17) is 4.74 Å². The summed E-state index contributed by atoms with van der Waals surface area (Å²) in [6, 6.07) is 15.5. The molecule has 2 aromatic heterocycles. The summed E-state index contributed by atoms with van der Waals surface area (Å²) in [6.45, 7) is 4.50. The second-order valence-corrected chi connectivity index (χ2v) is 7.57. The molecule has 0 bridgehead atoms. The number of ketones is 1. The van der Waals surface area contributed by atoms with E-state index in [1.54, 1.807) is 17.4 Å². The van der Waals surface area contributed by atoms with Gasteiger partial charge in [-0.1, -0.05) is 36.4 Å². The topological polar surface area (TPSA) is 48.3 Å². The van der Waals surface area contributed by atoms with Gasteiger partial charge in [-0.25, -0.2) is 4.79 Å². The van der Waals surface area contributed by atoms with Crippen molar-refractivity contribution >= 4 is 29.2 Å². The summed E-state index contributed by atoms with van der Waals surface area (Å²) >= 11 is 1.74. The number of Topliss-reactive ketones (excluding diaryl/α,β-unsaturated/α-hetero) is 1. The largest absolute Gasteiger partial charge is 0.454 e. The van der Waals surface area contributed by atoms with Gasteiger partial charge in [0.25, 0.3) is 0 Å². The number of hydrogen-bond acceptors (Lipinski definition) is 4. The zero-order chi connectivity index (χ0) is 19.9. The lowest BCUT2D eigenvalue weighted by atomic mass is 10.1. The first-order valence-corrected chi connectivity index (χ1v) is 10.0. The van der Waals surface area contributed by atoms with Crippen LogP contribution in [0.1, 0.15) is 32.2 Å². The van der Waals surface area contributed by atoms with Crippen LogP contribution in [-0.2, 0) is 22.5 Å². The second-order valence-electron chi connectivity index (χ2n) is 6.54. The molecule has 0 fully saturated rings. The molecular weight excluding hydrogens is 370 g/mol. The van der Waals surface area contributed by atoms with Crippen molar-refractivity contribution in [2.45, 2.75) is 26.8 Å². The van der Waals surface area contributed by atoms with Crippen LogP contribution in [0, 0.1) is 13.8 Å². The fraction of sp³-hybridized carbons (Fsp3) is 0.217. The predicted octanol–water partition coefficient (Wildman–Crippen LogP) is 4.85. The van der Waals surface area contributed by atoms with Crippen LogP contribution in [0.5, 0.6) is 0 Å². The lowest BCUT2D eigenvalue weighted by molar-refractivity contribution is -0.136. The molecule has 0 aliphatic rings. The molecule has 2 heterocycles. The molecule has 1 aromatic carbocycles. The van der Waals surface area contributed by atoms with E-state index >= 15 is 0 Å². The number of rotatable bonds is 8. The van der Waals surface area contributed by atoms with Crippen LogP contribution in [0.15, 0.2) is 60.0 Å². The Morgan fingerprint density at radius 3 is 2.61 bits per heavy atom. The maximum absolute atomic E-state index is 12.5. The molecule has 0 amide bonds. The van der Waals surface area contributed by atoms with Crippen LogP contribution in [0.3, 0.4) is 0 Å². The van der Waals surface area contributed by atoms with E-state index in [0.717, 1.165) is 29.9 Å². The predicted molar refractivity (Wildman–Crippen MR) is 113 cm³/mol. The first-order valence-electron chi connectivity index (χ1n) is 9.17. The van der Waals surface area contributed by atoms with Crippen molar-refractivity contribution in [3.05, 3.63) is 87.4 Å². The van der Waals surface area contributed by atoms with Gasteiger partial charge in [0, 0.05) is 34.4 Å². The minimum atomic E-state index is -0.524. The van der Waals surface area contributed by atoms with Gasteiger partial charge in [-0.3, -0.25) is 4.79 Å². The van der Waals surface area contributed by atoms with Gasteiger partial charge in [0.2, 0.25) is 5.78 Å². The fourth-order valence-corrected chi connectivity index (χ4v) is 3.79. The van der Waals surface area contributed by atoms with Gasteiger partial charge < -0.3 is 9.30 Å². The van der Waals surface area contributed by atoms with Crippen molar-refractivity contribution in [3.63, 3.8) is 0 Å². The number of aromatic nitrogens is 1. The molecule has 0 N–H and O–H groups in total. The van der Waals surface area contributed by atoms with Gasteiger partial charge in [-0.05, 0) is 49.4 Å². The standard InChI is InChI=1S/C23H23NO3S/c1-17-15-21(18(2)24(17)13-12-20-9-6-14-28-20)22(25)16-27-23(26)11-10-19-7-4-3-5-8-19/h3-11,14-15H,12-13,16H2,1-2H3/b11-10+. The van der Waals surface area contributed by atoms with Crippen LogP contribution < -0.4 is 0 Å². The monoisotopic (exact) mass is 393 g/mol. The van der Waals surface area contributed by atoms with E-state index in [2.05, 4.69) is 16.0 Å². The third-order valence-corrected chi connectivity index (χ3v) is 5.53. The maximum Gasteiger partial charge on any atom is 0.331 e. The summed E-state index contributed by atoms with van der Waals surface area (Å²) in [5, 5.41) is 2.07. The molecule has 28 heavy (non-hydrogen) atoms. The molecule has 0 radical (unpaired) electrons. The first kappa shape index (κ1) is 19.8. The number of thiophene rings is 1. The highest BCUT2D eigenvalue weighted by atomic mass is 32.1. The third-order valence-electron chi connectivity index (χ3n) is 4.59. The maximum atomic E-state index is 12.5. The fourth-order valence-electron chi connectivity index (χ4n) is 3.10. The van der Waals surface area contributed by atoms with Crippen molar-refractivity contribution in [1.29, 1.82) is 0 Å². The SMILES string of the molecule is Cc1cc(C(=O)COC(=O)/C=C/c2ccccc2)c(C)n1CCc1cccs1. The molecular formula is C23H23NO3S. The summed E-state index contributed by atoms with van der Waals surface area (Å²) in [4.78, 5) is 25.7. The Kier molecular flexibility index (Phi) is 6.61. The smallest absolute Gasteiger partial charge is 0.331 e. The molecule has 0 aliphatic heterocycles. The number of carbonyl (C=O) groups excluding carboxylic acids is 2. The number of hydrogen-bond donors (Lipinski definition) is 0. The van der Waals surface area contributed by atoms with Crippen molar-refractivity contribution < 1.29 is 14.3 Å². The van der Waals surface area contributed by atoms with Gasteiger partial charge in [0.05, 0.1) is 0 Å². The van der Waals surface area contributed by atoms with E-state index in [1.807, 2.05) is 56.3 Å². The Labute approximate surface area is 169 Å². The molecule has 3 rings (SSSR count). The lowest BCUT2D eigenvalue weighted by Gasteiger charge is -2.09. The number of carbonyl (C=O) groups is 2. The highest BCUT2D eigenvalue weighted by Gasteiger charge is 2.17. The van der Waals surface area contributed by atoms with Crippen molar-refractivity contribution in [2.75, 3.05) is 6.61 Å². The van der Waals surface area contributed by atoms with Crippen molar-refractivity contribution in [2.24, 2.45) is 0 Å². The number of esters is 1. The minimum absolute atomic E-state index is 0.183. The first-order chi connectivity index (χ1) is 13.5. The molecule has 0 saturated heterocycles. The van der Waals surface area contributed by atoms with E-state index in [-0.39, 0.29) is 12.4 Å². The molecule has 0 spiro atoms. The summed E-state index contributed by atoms with van der Waals surface area (Å²) in [7, 11) is 0. The zero-order valence-corrected chi connectivity index (χ0v) is 16.9. The van der Waals surface area contributed by atoms with E-state index in [1.165, 1.54) is 11.0 Å². The van der Waals surface area contributed by atoms with E-state index < -0.39 is 5.97 Å². The molecule has 5 heteroatoms. The lowest BCUT2D eigenvalue weighted by Crippen LogP contribution is -2.14. The average molecular weight is 394 g/mol. The van der Waals surface area contributed by atoms with Crippen molar-refractivity contribution in [1.82, 2.24) is 4.57 Å². The van der Waals surface area contributed by atoms with Gasteiger partial charge >= 0.3 is 5.97 Å². The van der Waals surface area contributed by atoms with Crippen molar-refractivity contribution in [3.8, 4) is 0 Å². The Hall–Kier alpha value is -2.92. The summed E-state index contributed by atoms with van der Waals surface area (Å²) < 4.78 is 7.26. The molecule has 0 unspecified atom stereocenters. The Morgan fingerprint density at radius 1 is 1.11 bits per heavy atom. The third kappa shape index (κ3) is 5.08. The normalized spacial score (nSPS) is 11.1. The molecule has 144 valence electrons. The number of aryl methyl sites for hydroxylation is 2. The molecule has 4 nitrogen and oxygen atoms in total. The molecule has 3 aromatic rings. The van der Waals surface area contributed by atoms with E-state index in [0.29, 0.717) is 5.56 Å². The van der Waals surface area contributed by atoms with Crippen LogP contribution in [0.2, 0.25) is 0 Å². The van der Waals surface area contributed by atoms with Gasteiger partial charge in [-0.15, -0.1) is 11.3 Å². The quantitative estimate of drug-likeness (QED) is 0.312. The number of benzene rings is 1. The van der Waals surface area contributed by atoms with Gasteiger partial charge in [-0.2, -0.15) is 0 Å². The Bertz CT molecular complexity index is 969. The Balaban J connectivity index is 1.57. The van der Waals surface area contributed by atoms with E-state index in [9.17, 15) is 9.59 Å². The highest BCUT2D eigenvalue weighted by Crippen LogP contribution is 2.18. The average Bonchev–Trinajstić information content (AvgIpc) is 3.32. The number of ether oxygens (including phenoxy) is 1. The highest BCUT2D eigenvalue weighted by molar-refractivity contribution is 7.09. The summed E-state index contributed by atoms with van der Waals surface area (Å²) in [5.74, 6) is -0.708.